The third-order valence-electron chi connectivity index (χ3n) is 17.2. The van der Waals surface area contributed by atoms with Gasteiger partial charge in [-0.2, -0.15) is 25.3 Å². The first-order chi connectivity index (χ1) is 54.6. The van der Waals surface area contributed by atoms with Gasteiger partial charge in [0, 0.05) is 87.7 Å². The van der Waals surface area contributed by atoms with Crippen LogP contribution in [-0.4, -0.2) is 272 Å². The second kappa shape index (κ2) is 45.6. The molecule has 0 bridgehead atoms. The minimum absolute atomic E-state index is 0.00497. The number of nitrogens with zero attached hydrogens (tertiary/aromatic N) is 1. The van der Waals surface area contributed by atoms with Gasteiger partial charge in [-0.25, -0.2) is 33.6 Å². The minimum Gasteiger partial charge on any atom is -0.459 e. The van der Waals surface area contributed by atoms with Crippen LogP contribution in [-0.2, 0) is 132 Å². The van der Waals surface area contributed by atoms with Gasteiger partial charge < -0.3 is 111 Å². The van der Waals surface area contributed by atoms with Crippen molar-refractivity contribution in [2.45, 2.75) is 210 Å². The lowest BCUT2D eigenvalue weighted by molar-refractivity contribution is -0.384. The number of hydrogen-bond donors (Lipinski definition) is 7. The zero-order valence-corrected chi connectivity index (χ0v) is 68.4. The lowest BCUT2D eigenvalue weighted by Gasteiger charge is -2.43. The molecule has 0 aromatic heterocycles. The number of terminal acetylenes is 1. The van der Waals surface area contributed by atoms with Gasteiger partial charge in [0.2, 0.25) is 0 Å². The Morgan fingerprint density at radius 3 is 1.38 bits per heavy atom. The molecule has 0 radical (unpaired) electrons. The molecule has 2 aromatic rings. The van der Waals surface area contributed by atoms with Crippen molar-refractivity contribution >= 4 is 90.8 Å². The van der Waals surface area contributed by atoms with E-state index in [1.54, 1.807) is 86.6 Å². The largest absolute Gasteiger partial charge is 0.514 e. The fraction of sp³-hybridized carbons (Fsp3) is 0.671. The number of alkyl carbamates (subject to hydrolysis) is 4. The molecular formula is C70H101N5O39S3. The van der Waals surface area contributed by atoms with Crippen molar-refractivity contribution in [3.63, 3.8) is 0 Å². The maximum atomic E-state index is 12.7. The maximum absolute atomic E-state index is 12.7. The predicted molar refractivity (Wildman–Crippen MR) is 395 cm³/mol. The Hall–Kier alpha value is -9.32. The summed E-state index contributed by atoms with van der Waals surface area (Å²) in [6.07, 6.45) is -14.2. The summed E-state index contributed by atoms with van der Waals surface area (Å²) in [5.41, 5.74) is -6.57. The molecule has 44 nitrogen and oxygen atoms in total. The highest BCUT2D eigenvalue weighted by molar-refractivity contribution is 7.86. The normalized spacial score (nSPS) is 24.9. The molecule has 5 heterocycles. The molecule has 2 aromatic carbocycles. The SMILES string of the molecule is C#CCOCCOCCOCCOCCNC(=O)O[C@@H]([C@@H]1O[C@@H](S(=O)(=O)O)C[C@H](NC(=O)OC(C)(C)C)[C@H]1C)[C@H]1COC(=O)O1.CC(=O)O[C@@H]([C@@H]1O[C@@H](S(=O)(=O)O)C[C@H](NC(=O)OCc2ccccc2)[C@H]1C)[C@@H](C)OC(C)=O.C[C@H]1[C@H]([C@H](OC(=O)Oc2ccc([N+](=O)[O-])cc2)[C@H]2COC(=O)O2)O[C@@H](S(=O)(=O)O)C[C@@H]1NC(=O)OC(C)(C)C. The molecule has 7 N–H and O–H groups in total. The highest BCUT2D eigenvalue weighted by Gasteiger charge is 2.54. The van der Waals surface area contributed by atoms with E-state index >= 15 is 0 Å². The van der Waals surface area contributed by atoms with E-state index in [0.717, 1.165) is 36.8 Å². The molecule has 5 aliphatic rings. The van der Waals surface area contributed by atoms with E-state index in [4.69, 9.17) is 96.4 Å². The van der Waals surface area contributed by atoms with Crippen LogP contribution in [0.1, 0.15) is 108 Å². The molecule has 0 aliphatic carbocycles. The fourth-order valence-electron chi connectivity index (χ4n) is 11.8. The van der Waals surface area contributed by atoms with Gasteiger partial charge in [0.05, 0.1) is 51.2 Å². The summed E-state index contributed by atoms with van der Waals surface area (Å²) in [5.74, 6) is -1.26. The van der Waals surface area contributed by atoms with Crippen LogP contribution >= 0.6 is 0 Å². The molecule has 18 atom stereocenters. The number of hydrogen-bond acceptors (Lipinski definition) is 36. The number of rotatable bonds is 33. The van der Waals surface area contributed by atoms with Crippen LogP contribution in [0.25, 0.3) is 0 Å². The molecule has 5 saturated heterocycles. The second-order valence-corrected chi connectivity index (χ2v) is 33.3. The van der Waals surface area contributed by atoms with Gasteiger partial charge in [-0.05, 0) is 66.2 Å². The summed E-state index contributed by atoms with van der Waals surface area (Å²) in [6.45, 7) is 20.1. The number of amides is 4. The first kappa shape index (κ1) is 98.3. The Labute approximate surface area is 674 Å². The van der Waals surface area contributed by atoms with Crippen molar-refractivity contribution in [2.24, 2.45) is 17.8 Å². The summed E-state index contributed by atoms with van der Waals surface area (Å²) in [4.78, 5) is 119. The molecule has 0 unspecified atom stereocenters. The topological polar surface area (TPSA) is 583 Å². The van der Waals surface area contributed by atoms with Crippen LogP contribution < -0.4 is 26.0 Å². The zero-order chi connectivity index (χ0) is 87.3. The van der Waals surface area contributed by atoms with Gasteiger partial charge in [0.1, 0.15) is 67.8 Å². The highest BCUT2D eigenvalue weighted by atomic mass is 32.2. The van der Waals surface area contributed by atoms with Crippen LogP contribution in [0.5, 0.6) is 5.75 Å². The van der Waals surface area contributed by atoms with Crippen LogP contribution in [0.4, 0.5) is 39.2 Å². The smallest absolute Gasteiger partial charge is 0.459 e. The van der Waals surface area contributed by atoms with E-state index in [1.807, 2.05) is 6.07 Å². The lowest BCUT2D eigenvalue weighted by atomic mass is 9.86. The average molecular weight is 1730 g/mol. The first-order valence-electron chi connectivity index (χ1n) is 36.3. The minimum atomic E-state index is -4.82. The number of carbonyl (C=O) groups excluding carboxylic acids is 9. The number of carbonyl (C=O) groups is 9. The molecule has 5 fully saturated rings. The standard InChI is InChI=1S/C27H44N2O15S.C22H28N2O14S.C21H29NO10S/c1-6-8-36-10-12-38-14-15-39-13-11-37-9-7-28-24(30)43-23(20-17-40-26(32)41-20)22-18(2)19(16-21(42-22)45(33,34)35)29-25(31)44-27(3,4)5;1-11-14(23-19(25)38-22(2,3)4)9-16(39(30,31)32)36-17(11)18(15-10-33-20(26)35-15)37-21(27)34-13-7-5-12(6-8-13)24(28)29;1-12-17(22-21(25)29-11-16-8-6-5-7-9-16)10-18(33(26,27)28)32-19(12)20(31-15(4)24)13(2)30-14(3)23/h1,18-23H,7-17H2,2-5H3,(H,28,30)(H,29,31)(H,33,34,35);5-8,11,14-18H,9-10H2,1-4H3,(H,23,25)(H,30,31,32);5-9,12-13,17-20H,10-11H2,1-4H3,(H,22,25)(H,26,27,28)/t18-,19+,20-,21+,22-,23-;11-,14+,15-,16+,17-,18-;12-,13-,17+,18+,19-,20-/m111/s1. The molecule has 4 amide bonds. The third kappa shape index (κ3) is 34.6. The summed E-state index contributed by atoms with van der Waals surface area (Å²) >= 11 is 0. The van der Waals surface area contributed by atoms with E-state index in [0.29, 0.717) is 33.0 Å². The molecule has 5 aliphatic heterocycles. The van der Waals surface area contributed by atoms with E-state index < -0.39 is 215 Å². The van der Waals surface area contributed by atoms with Gasteiger partial charge >= 0.3 is 54.8 Å². The van der Waals surface area contributed by atoms with E-state index in [2.05, 4.69) is 27.2 Å². The van der Waals surface area contributed by atoms with Gasteiger partial charge in [0.25, 0.3) is 36.0 Å². The van der Waals surface area contributed by atoms with Crippen molar-refractivity contribution in [1.82, 2.24) is 21.3 Å². The number of ether oxygens (including phenoxy) is 19. The number of benzene rings is 2. The Morgan fingerprint density at radius 2 is 0.983 bits per heavy atom. The second-order valence-electron chi connectivity index (χ2n) is 28.6. The van der Waals surface area contributed by atoms with Gasteiger partial charge in [-0.1, -0.05) is 57.0 Å². The predicted octanol–water partition coefficient (Wildman–Crippen LogP) is 5.20. The summed E-state index contributed by atoms with van der Waals surface area (Å²) < 4.78 is 201. The van der Waals surface area contributed by atoms with Gasteiger partial charge in [-0.3, -0.25) is 33.4 Å². The molecule has 117 heavy (non-hydrogen) atoms. The molecule has 47 heteroatoms. The van der Waals surface area contributed by atoms with Crippen molar-refractivity contribution in [1.29, 1.82) is 0 Å². The van der Waals surface area contributed by atoms with Crippen molar-refractivity contribution in [3.8, 4) is 18.1 Å². The number of esters is 2. The summed E-state index contributed by atoms with van der Waals surface area (Å²) in [7, 11) is -14.3. The molecular weight excluding hydrogens is 1630 g/mol. The number of non-ortho nitro benzene ring substituents is 1. The van der Waals surface area contributed by atoms with Crippen molar-refractivity contribution in [2.75, 3.05) is 72.6 Å². The Bertz CT molecular complexity index is 4030. The number of nitro benzene ring substituents is 1. The average Bonchev–Trinajstić information content (AvgIpc) is 1.70. The number of nitro groups is 1. The molecule has 7 rings (SSSR count). The quantitative estimate of drug-likeness (QED) is 0.00705. The number of nitrogens with one attached hydrogen (secondary N) is 4. The van der Waals surface area contributed by atoms with E-state index in [1.165, 1.54) is 13.8 Å². The number of cyclic esters (lactones) is 4. The molecule has 0 spiro atoms. The van der Waals surface area contributed by atoms with Gasteiger partial charge in [0.15, 0.2) is 46.8 Å². The maximum Gasteiger partial charge on any atom is 0.514 e. The van der Waals surface area contributed by atoms with E-state index in [-0.39, 0.29) is 70.3 Å². The van der Waals surface area contributed by atoms with Crippen molar-refractivity contribution < 1.29 is 177 Å². The van der Waals surface area contributed by atoms with E-state index in [9.17, 15) is 92.2 Å². The van der Waals surface area contributed by atoms with Crippen LogP contribution in [0.15, 0.2) is 54.6 Å². The highest BCUT2D eigenvalue weighted by Crippen LogP contribution is 2.38. The van der Waals surface area contributed by atoms with Crippen LogP contribution in [0, 0.1) is 40.2 Å². The summed E-state index contributed by atoms with van der Waals surface area (Å²) in [5, 5.41) is 21.0. The Balaban J connectivity index is 0.000000316. The fourth-order valence-corrected chi connectivity index (χ4v) is 14.0. The lowest BCUT2D eigenvalue weighted by Crippen LogP contribution is -2.59. The van der Waals surface area contributed by atoms with Crippen LogP contribution in [0.3, 0.4) is 0 Å². The van der Waals surface area contributed by atoms with Gasteiger partial charge in [-0.15, -0.1) is 6.42 Å². The molecule has 658 valence electrons. The zero-order valence-electron chi connectivity index (χ0n) is 66.0. The monoisotopic (exact) mass is 1730 g/mol. The Morgan fingerprint density at radius 1 is 0.573 bits per heavy atom. The Kier molecular flexibility index (Phi) is 38.3. The molecule has 0 saturated carbocycles. The first-order valence-corrected chi connectivity index (χ1v) is 40.8. The van der Waals surface area contributed by atoms with Crippen LogP contribution in [0.2, 0.25) is 0 Å². The summed E-state index contributed by atoms with van der Waals surface area (Å²) in [6, 6.07) is 10.7. The van der Waals surface area contributed by atoms with Crippen molar-refractivity contribution in [3.05, 3.63) is 70.3 Å². The third-order valence-corrected chi connectivity index (χ3v) is 20.1.